The van der Waals surface area contributed by atoms with Crippen molar-refractivity contribution < 1.29 is 9.59 Å². The van der Waals surface area contributed by atoms with Crippen molar-refractivity contribution >= 4 is 22.7 Å². The van der Waals surface area contributed by atoms with Crippen LogP contribution >= 0.6 is 0 Å². The molecular weight excluding hydrogens is 302 g/mol. The zero-order chi connectivity index (χ0) is 17.1. The maximum Gasteiger partial charge on any atom is 0.225 e. The lowest BCUT2D eigenvalue weighted by molar-refractivity contribution is -0.129. The Balaban J connectivity index is 1.45. The molecule has 5 nitrogen and oxygen atoms in total. The molecule has 1 fully saturated rings. The van der Waals surface area contributed by atoms with Crippen LogP contribution in [0.4, 0.5) is 0 Å². The minimum absolute atomic E-state index is 0.00358. The molecule has 1 N–H and O–H groups in total. The number of fused-ring (bicyclic) bond motifs is 1. The first-order valence-electron chi connectivity index (χ1n) is 8.67. The lowest BCUT2D eigenvalue weighted by Crippen LogP contribution is -2.36. The van der Waals surface area contributed by atoms with Crippen molar-refractivity contribution in [2.45, 2.75) is 39.3 Å². The predicted octanol–water partition coefficient (Wildman–Crippen LogP) is 2.40. The molecular formula is C19H25N3O2. The third-order valence-electron chi connectivity index (χ3n) is 4.71. The summed E-state index contributed by atoms with van der Waals surface area (Å²) in [5.74, 6) is -0.111. The average molecular weight is 327 g/mol. The van der Waals surface area contributed by atoms with Crippen LogP contribution in [-0.2, 0) is 16.1 Å². The fraction of sp³-hybridized carbons (Fsp3) is 0.474. The topological polar surface area (TPSA) is 54.3 Å². The highest BCUT2D eigenvalue weighted by molar-refractivity contribution is 5.89. The Kier molecular flexibility index (Phi) is 4.88. The van der Waals surface area contributed by atoms with Crippen molar-refractivity contribution in [1.29, 1.82) is 0 Å². The zero-order valence-electron chi connectivity index (χ0n) is 14.4. The Morgan fingerprint density at radius 2 is 2.08 bits per heavy atom. The highest BCUT2D eigenvalue weighted by atomic mass is 16.2. The Morgan fingerprint density at radius 3 is 2.83 bits per heavy atom. The van der Waals surface area contributed by atoms with Gasteiger partial charge in [-0.05, 0) is 37.8 Å². The van der Waals surface area contributed by atoms with Crippen molar-refractivity contribution in [2.75, 3.05) is 13.1 Å². The van der Waals surface area contributed by atoms with Crippen LogP contribution in [0.5, 0.6) is 0 Å². The number of hydrogen-bond acceptors (Lipinski definition) is 2. The van der Waals surface area contributed by atoms with Gasteiger partial charge in [-0.1, -0.05) is 18.2 Å². The van der Waals surface area contributed by atoms with E-state index in [-0.39, 0.29) is 23.8 Å². The summed E-state index contributed by atoms with van der Waals surface area (Å²) in [7, 11) is 0. The molecule has 0 unspecified atom stereocenters. The fourth-order valence-corrected chi connectivity index (χ4v) is 3.35. The van der Waals surface area contributed by atoms with E-state index in [2.05, 4.69) is 34.3 Å². The molecule has 0 aliphatic carbocycles. The summed E-state index contributed by atoms with van der Waals surface area (Å²) in [6, 6.07) is 10.6. The zero-order valence-corrected chi connectivity index (χ0v) is 14.4. The normalized spacial score (nSPS) is 17.9. The van der Waals surface area contributed by atoms with Gasteiger partial charge in [-0.3, -0.25) is 9.59 Å². The molecule has 2 aromatic rings. The number of para-hydroxylation sites is 1. The first kappa shape index (κ1) is 16.6. The van der Waals surface area contributed by atoms with E-state index >= 15 is 0 Å². The van der Waals surface area contributed by atoms with Gasteiger partial charge in [-0.15, -0.1) is 0 Å². The smallest absolute Gasteiger partial charge is 0.225 e. The van der Waals surface area contributed by atoms with Crippen LogP contribution in [0.1, 0.15) is 26.7 Å². The lowest BCUT2D eigenvalue weighted by atomic mass is 10.1. The Morgan fingerprint density at radius 1 is 1.29 bits per heavy atom. The second-order valence-electron chi connectivity index (χ2n) is 6.75. The number of benzene rings is 1. The number of amides is 2. The summed E-state index contributed by atoms with van der Waals surface area (Å²) in [5, 5.41) is 4.22. The number of nitrogens with zero attached hydrogens (tertiary/aromatic N) is 2. The third kappa shape index (κ3) is 3.45. The number of likely N-dealkylation sites (tertiary alicyclic amines) is 1. The van der Waals surface area contributed by atoms with Crippen LogP contribution in [0, 0.1) is 5.92 Å². The van der Waals surface area contributed by atoms with Crippen LogP contribution in [-0.4, -0.2) is 40.4 Å². The first-order valence-corrected chi connectivity index (χ1v) is 8.67. The van der Waals surface area contributed by atoms with E-state index in [0.29, 0.717) is 19.5 Å². The lowest BCUT2D eigenvalue weighted by Gasteiger charge is -2.20. The Bertz CT molecular complexity index is 735. The molecule has 128 valence electrons. The second-order valence-corrected chi connectivity index (χ2v) is 6.75. The quantitative estimate of drug-likeness (QED) is 0.828. The summed E-state index contributed by atoms with van der Waals surface area (Å²) >= 11 is 0. The minimum Gasteiger partial charge on any atom is -0.356 e. The number of rotatable bonds is 6. The molecule has 0 saturated carbocycles. The van der Waals surface area contributed by atoms with Crippen molar-refractivity contribution in [1.82, 2.24) is 14.8 Å². The summed E-state index contributed by atoms with van der Waals surface area (Å²) < 4.78 is 2.21. The molecule has 1 aliphatic heterocycles. The van der Waals surface area contributed by atoms with Gasteiger partial charge >= 0.3 is 0 Å². The number of hydrogen-bond donors (Lipinski definition) is 1. The van der Waals surface area contributed by atoms with Gasteiger partial charge in [-0.25, -0.2) is 0 Å². The molecule has 0 spiro atoms. The van der Waals surface area contributed by atoms with E-state index in [1.807, 2.05) is 26.0 Å². The van der Waals surface area contributed by atoms with Gasteiger partial charge in [0, 0.05) is 43.8 Å². The summed E-state index contributed by atoms with van der Waals surface area (Å²) in [6.45, 7) is 6.02. The molecule has 2 heterocycles. The van der Waals surface area contributed by atoms with Gasteiger partial charge in [0.25, 0.3) is 0 Å². The van der Waals surface area contributed by atoms with Crippen molar-refractivity contribution in [3.05, 3.63) is 36.5 Å². The van der Waals surface area contributed by atoms with Crippen LogP contribution in [0.15, 0.2) is 36.5 Å². The summed E-state index contributed by atoms with van der Waals surface area (Å²) in [5.41, 5.74) is 1.22. The van der Waals surface area contributed by atoms with E-state index in [0.717, 1.165) is 13.0 Å². The number of nitrogens with one attached hydrogen (secondary N) is 1. The standard InChI is InChI=1S/C19H25N3O2/c1-14(2)22-13-16(12-18(22)23)19(24)20-9-5-10-21-11-8-15-6-3-4-7-17(15)21/h3-4,6-8,11,14,16H,5,9-10,12-13H2,1-2H3,(H,20,24)/t16-/m1/s1. The molecule has 0 radical (unpaired) electrons. The molecule has 24 heavy (non-hydrogen) atoms. The van der Waals surface area contributed by atoms with E-state index in [9.17, 15) is 9.59 Å². The highest BCUT2D eigenvalue weighted by Crippen LogP contribution is 2.20. The Hall–Kier alpha value is -2.30. The summed E-state index contributed by atoms with van der Waals surface area (Å²) in [4.78, 5) is 25.9. The second kappa shape index (κ2) is 7.07. The number of carbonyl (C=O) groups excluding carboxylic acids is 2. The molecule has 5 heteroatoms. The van der Waals surface area contributed by atoms with E-state index in [1.165, 1.54) is 10.9 Å². The van der Waals surface area contributed by atoms with Gasteiger partial charge in [-0.2, -0.15) is 0 Å². The van der Waals surface area contributed by atoms with Crippen LogP contribution < -0.4 is 5.32 Å². The van der Waals surface area contributed by atoms with Crippen LogP contribution in [0.2, 0.25) is 0 Å². The molecule has 2 amide bonds. The highest BCUT2D eigenvalue weighted by Gasteiger charge is 2.35. The van der Waals surface area contributed by atoms with Crippen molar-refractivity contribution in [3.63, 3.8) is 0 Å². The van der Waals surface area contributed by atoms with E-state index in [1.54, 1.807) is 4.90 Å². The third-order valence-corrected chi connectivity index (χ3v) is 4.71. The van der Waals surface area contributed by atoms with Gasteiger partial charge in [0.2, 0.25) is 11.8 Å². The number of aryl methyl sites for hydroxylation is 1. The molecule has 1 atom stereocenters. The van der Waals surface area contributed by atoms with Gasteiger partial charge < -0.3 is 14.8 Å². The summed E-state index contributed by atoms with van der Waals surface area (Å²) in [6.07, 6.45) is 3.30. The Labute approximate surface area is 142 Å². The van der Waals surface area contributed by atoms with Crippen LogP contribution in [0.3, 0.4) is 0 Å². The molecule has 0 bridgehead atoms. The van der Waals surface area contributed by atoms with Crippen molar-refractivity contribution in [2.24, 2.45) is 5.92 Å². The van der Waals surface area contributed by atoms with E-state index < -0.39 is 0 Å². The molecule has 1 aromatic heterocycles. The maximum absolute atomic E-state index is 12.2. The molecule has 1 aromatic carbocycles. The molecule has 3 rings (SSSR count). The van der Waals surface area contributed by atoms with Crippen molar-refractivity contribution in [3.8, 4) is 0 Å². The van der Waals surface area contributed by atoms with Gasteiger partial charge in [0.1, 0.15) is 0 Å². The fourth-order valence-electron chi connectivity index (χ4n) is 3.35. The maximum atomic E-state index is 12.2. The van der Waals surface area contributed by atoms with Crippen LogP contribution in [0.25, 0.3) is 10.9 Å². The monoisotopic (exact) mass is 327 g/mol. The average Bonchev–Trinajstić information content (AvgIpc) is 3.15. The van der Waals surface area contributed by atoms with Gasteiger partial charge in [0.05, 0.1) is 5.92 Å². The SMILES string of the molecule is CC(C)N1C[C@H](C(=O)NCCCn2ccc3ccccc32)CC1=O. The predicted molar refractivity (Wildman–Crippen MR) is 94.5 cm³/mol. The van der Waals surface area contributed by atoms with E-state index in [4.69, 9.17) is 0 Å². The first-order chi connectivity index (χ1) is 11.6. The largest absolute Gasteiger partial charge is 0.356 e. The van der Waals surface area contributed by atoms with Gasteiger partial charge in [0.15, 0.2) is 0 Å². The molecule has 1 saturated heterocycles. The minimum atomic E-state index is -0.202. The number of carbonyl (C=O) groups is 2. The molecule has 1 aliphatic rings. The number of aromatic nitrogens is 1.